The van der Waals surface area contributed by atoms with Gasteiger partial charge in [-0.05, 0) is 103 Å². The molecule has 2 aromatic carbocycles. The molecule has 0 fully saturated rings. The zero-order chi connectivity index (χ0) is 25.4. The van der Waals surface area contributed by atoms with E-state index in [4.69, 9.17) is 0 Å². The van der Waals surface area contributed by atoms with Gasteiger partial charge in [0.15, 0.2) is 0 Å². The second-order valence-electron chi connectivity index (χ2n) is 9.01. The summed E-state index contributed by atoms with van der Waals surface area (Å²) in [6, 6.07) is 13.1. The van der Waals surface area contributed by atoms with Crippen molar-refractivity contribution in [3.63, 3.8) is 0 Å². The minimum absolute atomic E-state index is 0.834. The lowest BCUT2D eigenvalue weighted by atomic mass is 9.79. The maximum atomic E-state index is 4.27. The Kier molecular flexibility index (Phi) is 10.2. The second kappa shape index (κ2) is 12.6. The van der Waals surface area contributed by atoms with Gasteiger partial charge in [0.25, 0.3) is 0 Å². The maximum absolute atomic E-state index is 4.27. The van der Waals surface area contributed by atoms with Crippen LogP contribution in [0.3, 0.4) is 0 Å². The molecule has 3 rings (SSSR count). The molecule has 0 aromatic heterocycles. The Morgan fingerprint density at radius 2 is 1.68 bits per heavy atom. The van der Waals surface area contributed by atoms with Gasteiger partial charge < -0.3 is 0 Å². The zero-order valence-corrected chi connectivity index (χ0v) is 22.8. The first-order chi connectivity index (χ1) is 16.1. The SMILES string of the molecule is C=C(S)c1ccc(CC)c(C)c1.C=C/C=C\C1=C(C)CC(=C)C(C)=C1c1cc(CC)ccc1C. The first kappa shape index (κ1) is 27.5. The van der Waals surface area contributed by atoms with E-state index in [1.165, 1.54) is 55.7 Å². The molecule has 0 saturated heterocycles. The standard InChI is InChI=1S/C22H26.C11H14S/c1-7-9-10-20-17(5)13-16(4)18(6)22(20)21-14-19(8-2)12-11-15(21)3;1-4-10-5-6-11(9(3)12)7-8(10)2/h7,9-12,14H,1,4,8,13H2,2-3,5-6H3;5-7,12H,3-4H2,1-2H3/b10-9-;. The predicted molar refractivity (Wildman–Crippen MR) is 158 cm³/mol. The highest BCUT2D eigenvalue weighted by atomic mass is 32.1. The van der Waals surface area contributed by atoms with E-state index in [2.05, 4.69) is 116 Å². The molecule has 1 aliphatic carbocycles. The molecule has 1 heteroatoms. The molecule has 178 valence electrons. The van der Waals surface area contributed by atoms with Gasteiger partial charge in [-0.2, -0.15) is 0 Å². The molecule has 0 unspecified atom stereocenters. The predicted octanol–water partition coefficient (Wildman–Crippen LogP) is 9.81. The van der Waals surface area contributed by atoms with Gasteiger partial charge in [-0.25, -0.2) is 0 Å². The van der Waals surface area contributed by atoms with E-state index in [9.17, 15) is 0 Å². The summed E-state index contributed by atoms with van der Waals surface area (Å²) in [6.45, 7) is 25.0. The molecular weight excluding hydrogens is 428 g/mol. The van der Waals surface area contributed by atoms with Crippen LogP contribution < -0.4 is 0 Å². The Morgan fingerprint density at radius 1 is 0.971 bits per heavy atom. The summed E-state index contributed by atoms with van der Waals surface area (Å²) in [5, 5.41) is 0. The molecule has 0 atom stereocenters. The molecule has 0 nitrogen and oxygen atoms in total. The van der Waals surface area contributed by atoms with Gasteiger partial charge in [-0.1, -0.05) is 93.8 Å². The van der Waals surface area contributed by atoms with E-state index in [0.29, 0.717) is 0 Å². The monoisotopic (exact) mass is 468 g/mol. The average Bonchev–Trinajstić information content (AvgIpc) is 2.81. The molecule has 0 heterocycles. The highest BCUT2D eigenvalue weighted by molar-refractivity contribution is 7.90. The van der Waals surface area contributed by atoms with Crippen molar-refractivity contribution >= 4 is 23.1 Å². The summed E-state index contributed by atoms with van der Waals surface area (Å²) in [4.78, 5) is 0.834. The molecule has 1 aliphatic rings. The van der Waals surface area contributed by atoms with Crippen molar-refractivity contribution in [1.82, 2.24) is 0 Å². The fraction of sp³-hybridized carbons (Fsp3) is 0.273. The Labute approximate surface area is 213 Å². The van der Waals surface area contributed by atoms with Crippen molar-refractivity contribution in [2.24, 2.45) is 0 Å². The van der Waals surface area contributed by atoms with Crippen LogP contribution in [-0.2, 0) is 12.8 Å². The van der Waals surface area contributed by atoms with E-state index in [-0.39, 0.29) is 0 Å². The van der Waals surface area contributed by atoms with Gasteiger partial charge in [-0.3, -0.25) is 0 Å². The highest BCUT2D eigenvalue weighted by Crippen LogP contribution is 2.40. The van der Waals surface area contributed by atoms with Gasteiger partial charge in [-0.15, -0.1) is 12.6 Å². The van der Waals surface area contributed by atoms with E-state index in [0.717, 1.165) is 29.7 Å². The van der Waals surface area contributed by atoms with Gasteiger partial charge in [0.05, 0.1) is 0 Å². The fourth-order valence-electron chi connectivity index (χ4n) is 4.31. The third kappa shape index (κ3) is 6.64. The molecule has 0 spiro atoms. The largest absolute Gasteiger partial charge is 0.143 e. The number of hydrogen-bond donors (Lipinski definition) is 1. The average molecular weight is 469 g/mol. The van der Waals surface area contributed by atoms with Crippen LogP contribution in [0.1, 0.15) is 67.5 Å². The Morgan fingerprint density at radius 3 is 2.24 bits per heavy atom. The summed E-state index contributed by atoms with van der Waals surface area (Å²) in [6.07, 6.45) is 9.15. The molecule has 0 aliphatic heterocycles. The van der Waals surface area contributed by atoms with E-state index >= 15 is 0 Å². The second-order valence-corrected chi connectivity index (χ2v) is 9.55. The third-order valence-corrected chi connectivity index (χ3v) is 6.81. The van der Waals surface area contributed by atoms with Crippen molar-refractivity contribution in [2.45, 2.75) is 60.8 Å². The smallest absolute Gasteiger partial charge is 0.00406 e. The summed E-state index contributed by atoms with van der Waals surface area (Å²) < 4.78 is 0. The van der Waals surface area contributed by atoms with Crippen molar-refractivity contribution in [3.05, 3.63) is 130 Å². The molecule has 2 aromatic rings. The number of allylic oxidation sites excluding steroid dienone is 8. The van der Waals surface area contributed by atoms with Crippen LogP contribution in [0.2, 0.25) is 0 Å². The quantitative estimate of drug-likeness (QED) is 0.316. The summed E-state index contributed by atoms with van der Waals surface area (Å²) in [5.74, 6) is 0. The van der Waals surface area contributed by atoms with Crippen LogP contribution in [0.25, 0.3) is 10.5 Å². The lowest BCUT2D eigenvalue weighted by Gasteiger charge is -2.25. The molecular formula is C33H40S. The summed E-state index contributed by atoms with van der Waals surface area (Å²) in [5.41, 5.74) is 14.4. The number of aryl methyl sites for hydroxylation is 4. The zero-order valence-electron chi connectivity index (χ0n) is 21.9. The fourth-order valence-corrected chi connectivity index (χ4v) is 4.45. The Hall–Kier alpha value is -2.77. The lowest BCUT2D eigenvalue weighted by molar-refractivity contribution is 1.07. The van der Waals surface area contributed by atoms with E-state index in [1.54, 1.807) is 0 Å². The van der Waals surface area contributed by atoms with Crippen molar-refractivity contribution in [1.29, 1.82) is 0 Å². The van der Waals surface area contributed by atoms with E-state index < -0.39 is 0 Å². The molecule has 0 N–H and O–H groups in total. The number of benzene rings is 2. The van der Waals surface area contributed by atoms with Gasteiger partial charge in [0, 0.05) is 4.91 Å². The maximum Gasteiger partial charge on any atom is 0.00406 e. The van der Waals surface area contributed by atoms with Crippen LogP contribution >= 0.6 is 12.6 Å². The van der Waals surface area contributed by atoms with Crippen LogP contribution in [0.4, 0.5) is 0 Å². The van der Waals surface area contributed by atoms with Gasteiger partial charge >= 0.3 is 0 Å². The summed E-state index contributed by atoms with van der Waals surface area (Å²) >= 11 is 4.20. The van der Waals surface area contributed by atoms with Crippen LogP contribution in [0.5, 0.6) is 0 Å². The molecule has 0 saturated carbocycles. The van der Waals surface area contributed by atoms with Crippen LogP contribution in [0.15, 0.2) is 96.7 Å². The molecule has 0 amide bonds. The van der Waals surface area contributed by atoms with Crippen LogP contribution in [0, 0.1) is 13.8 Å². The Bertz CT molecular complexity index is 1180. The first-order valence-electron chi connectivity index (χ1n) is 12.1. The topological polar surface area (TPSA) is 0 Å². The van der Waals surface area contributed by atoms with Gasteiger partial charge in [0.2, 0.25) is 0 Å². The summed E-state index contributed by atoms with van der Waals surface area (Å²) in [7, 11) is 0. The third-order valence-electron chi connectivity index (χ3n) is 6.55. The molecule has 34 heavy (non-hydrogen) atoms. The minimum atomic E-state index is 0.834. The lowest BCUT2D eigenvalue weighted by Crippen LogP contribution is -2.05. The molecule has 0 bridgehead atoms. The van der Waals surface area contributed by atoms with Crippen molar-refractivity contribution in [3.8, 4) is 0 Å². The van der Waals surface area contributed by atoms with Crippen molar-refractivity contribution < 1.29 is 0 Å². The Balaban J connectivity index is 0.000000287. The number of rotatable bonds is 6. The van der Waals surface area contributed by atoms with Crippen LogP contribution in [-0.4, -0.2) is 0 Å². The van der Waals surface area contributed by atoms with Crippen molar-refractivity contribution in [2.75, 3.05) is 0 Å². The van der Waals surface area contributed by atoms with E-state index in [1.807, 2.05) is 12.2 Å². The number of thiol groups is 1. The molecule has 0 radical (unpaired) electrons. The minimum Gasteiger partial charge on any atom is -0.143 e. The normalized spacial score (nSPS) is 13.8. The number of hydrogen-bond acceptors (Lipinski definition) is 1. The highest BCUT2D eigenvalue weighted by Gasteiger charge is 2.20. The van der Waals surface area contributed by atoms with Gasteiger partial charge in [0.1, 0.15) is 0 Å². The first-order valence-corrected chi connectivity index (χ1v) is 12.5.